The van der Waals surface area contributed by atoms with Crippen molar-refractivity contribution in [1.82, 2.24) is 4.90 Å². The predicted octanol–water partition coefficient (Wildman–Crippen LogP) is 13.4. The van der Waals surface area contributed by atoms with Crippen LogP contribution in [-0.2, 0) is 20.9 Å². The molecular formula is C57H79FN2O8. The first-order valence-corrected chi connectivity index (χ1v) is 25.8. The minimum atomic E-state index is -1.47. The number of rotatable bonds is 29. The maximum atomic E-state index is 14.9. The number of halogens is 1. The zero-order valence-electron chi connectivity index (χ0n) is 41.4. The van der Waals surface area contributed by atoms with Gasteiger partial charge in [-0.1, -0.05) is 113 Å². The zero-order chi connectivity index (χ0) is 48.3. The van der Waals surface area contributed by atoms with E-state index in [4.69, 9.17) is 28.9 Å². The molecule has 372 valence electrons. The number of hydrogen-bond donors (Lipinski definition) is 2. The lowest BCUT2D eigenvalue weighted by atomic mass is 9.55. The summed E-state index contributed by atoms with van der Waals surface area (Å²) in [5.74, 6) is -0.418. The Hall–Kier alpha value is -4.71. The Kier molecular flexibility index (Phi) is 20.8. The van der Waals surface area contributed by atoms with Crippen LogP contribution < -0.4 is 9.47 Å². The zero-order valence-corrected chi connectivity index (χ0v) is 41.4. The van der Waals surface area contributed by atoms with Gasteiger partial charge in [0, 0.05) is 37.7 Å². The summed E-state index contributed by atoms with van der Waals surface area (Å²) in [4.78, 5) is 22.6. The van der Waals surface area contributed by atoms with Gasteiger partial charge in [-0.3, -0.25) is 4.90 Å². The van der Waals surface area contributed by atoms with Crippen LogP contribution in [0.25, 0.3) is 0 Å². The van der Waals surface area contributed by atoms with E-state index in [1.54, 1.807) is 23.1 Å². The molecule has 0 unspecified atom stereocenters. The first kappa shape index (κ1) is 52.7. The van der Waals surface area contributed by atoms with Crippen molar-refractivity contribution in [3.8, 4) is 17.2 Å². The smallest absolute Gasteiger partial charge is 0.410 e. The second-order valence-corrected chi connectivity index (χ2v) is 19.1. The van der Waals surface area contributed by atoms with Crippen LogP contribution >= 0.6 is 0 Å². The Bertz CT molecular complexity index is 2110. The molecule has 1 aliphatic heterocycles. The second-order valence-electron chi connectivity index (χ2n) is 19.1. The van der Waals surface area contributed by atoms with E-state index in [2.05, 4.69) is 45.6 Å². The van der Waals surface area contributed by atoms with Gasteiger partial charge in [-0.25, -0.2) is 9.18 Å². The minimum Gasteiger partial charge on any atom is -0.459 e. The number of ether oxygens (including phenoxy) is 4. The molecule has 6 atom stereocenters. The van der Waals surface area contributed by atoms with E-state index in [1.165, 1.54) is 62.6 Å². The van der Waals surface area contributed by atoms with E-state index in [0.29, 0.717) is 36.7 Å². The molecule has 11 heteroatoms. The fourth-order valence-electron chi connectivity index (χ4n) is 10.7. The molecule has 1 saturated carbocycles. The van der Waals surface area contributed by atoms with E-state index < -0.39 is 23.8 Å². The molecule has 10 nitrogen and oxygen atoms in total. The van der Waals surface area contributed by atoms with Crippen LogP contribution in [0.5, 0.6) is 17.2 Å². The lowest BCUT2D eigenvalue weighted by Crippen LogP contribution is -2.70. The van der Waals surface area contributed by atoms with Crippen LogP contribution in [-0.4, -0.2) is 71.8 Å². The number of carbonyl (C=O) groups excluding carboxylic acids is 1. The van der Waals surface area contributed by atoms with Gasteiger partial charge in [0.15, 0.2) is 0 Å². The Labute approximate surface area is 405 Å². The highest BCUT2D eigenvalue weighted by Crippen LogP contribution is 2.62. The number of carbonyl (C=O) groups is 1. The molecule has 0 spiro atoms. The lowest BCUT2D eigenvalue weighted by Gasteiger charge is -2.59. The summed E-state index contributed by atoms with van der Waals surface area (Å²) in [5.41, 5.74) is 5.65. The van der Waals surface area contributed by atoms with Gasteiger partial charge < -0.3 is 34.0 Å². The number of allylic oxidation sites excluding steroid dienone is 1. The van der Waals surface area contributed by atoms with Crippen molar-refractivity contribution in [3.05, 3.63) is 113 Å². The highest BCUT2D eigenvalue weighted by Gasteiger charge is 2.65. The Balaban J connectivity index is 1.45. The molecule has 1 amide bonds. The van der Waals surface area contributed by atoms with Gasteiger partial charge in [-0.05, 0) is 129 Å². The second kappa shape index (κ2) is 26.9. The molecule has 3 aliphatic rings. The molecule has 0 saturated heterocycles. The van der Waals surface area contributed by atoms with Crippen molar-refractivity contribution in [2.45, 2.75) is 161 Å². The predicted molar refractivity (Wildman–Crippen MR) is 268 cm³/mol. The number of benzene rings is 3. The van der Waals surface area contributed by atoms with Gasteiger partial charge in [0.25, 0.3) is 0 Å². The first-order valence-electron chi connectivity index (χ1n) is 25.8. The number of aryl methyl sites for hydroxylation is 2. The fraction of sp³-hybridized carbons (Fsp3) is 0.579. The third-order valence-electron chi connectivity index (χ3n) is 14.3. The summed E-state index contributed by atoms with van der Waals surface area (Å²) in [5, 5.41) is 24.8. The Morgan fingerprint density at radius 3 is 2.21 bits per heavy atom. The number of hydrogen-bond acceptors (Lipinski definition) is 9. The molecule has 1 fully saturated rings. The maximum Gasteiger partial charge on any atom is 0.410 e. The van der Waals surface area contributed by atoms with E-state index >= 15 is 0 Å². The molecule has 0 radical (unpaired) electrons. The van der Waals surface area contributed by atoms with Crippen molar-refractivity contribution < 1.29 is 43.2 Å². The standard InChI is InChI=1S/C57H79FN2O8/c1-6-9-10-11-12-13-14-15-16-21-35-64-56(63)60(40-43-25-27-45(58)28-26-43)53-39-51(59-66-8-3)49-37-44(22-17-19-32-61)48(23-18-20-33-62)54-50-38-47(67-46-29-24-41(4)42(5)36-46)30-31-52(50)68-57(53,55(49)54)65-34-7-2/h7,24-31,36-38,44,48,53-55,61-62H,2,6,8-23,32-35,39-40H2,1,3-5H3/t44-,48+,53-,54+,55+,57+/m0/s1. The van der Waals surface area contributed by atoms with Crippen molar-refractivity contribution in [3.63, 3.8) is 0 Å². The summed E-state index contributed by atoms with van der Waals surface area (Å²) < 4.78 is 41.8. The molecule has 0 aromatic heterocycles. The van der Waals surface area contributed by atoms with Crippen molar-refractivity contribution in [2.75, 3.05) is 33.0 Å². The van der Waals surface area contributed by atoms with Crippen molar-refractivity contribution >= 4 is 11.8 Å². The molecule has 6 rings (SSSR count). The first-order chi connectivity index (χ1) is 33.2. The highest BCUT2D eigenvalue weighted by atomic mass is 19.1. The largest absolute Gasteiger partial charge is 0.459 e. The van der Waals surface area contributed by atoms with Crippen LogP contribution in [0.2, 0.25) is 0 Å². The van der Waals surface area contributed by atoms with Crippen molar-refractivity contribution in [2.24, 2.45) is 22.9 Å². The quantitative estimate of drug-likeness (QED) is 0.0401. The maximum absolute atomic E-state index is 14.9. The van der Waals surface area contributed by atoms with E-state index in [0.717, 1.165) is 73.0 Å². The fourth-order valence-corrected chi connectivity index (χ4v) is 10.7. The van der Waals surface area contributed by atoms with Crippen LogP contribution in [0.4, 0.5) is 9.18 Å². The normalized spacial score (nSPS) is 22.1. The number of fused-ring (bicyclic) bond motifs is 2. The molecule has 68 heavy (non-hydrogen) atoms. The Morgan fingerprint density at radius 2 is 1.53 bits per heavy atom. The molecule has 1 heterocycles. The average molecular weight is 939 g/mol. The number of aliphatic hydroxyl groups excluding tert-OH is 2. The Morgan fingerprint density at radius 1 is 0.853 bits per heavy atom. The summed E-state index contributed by atoms with van der Waals surface area (Å²) >= 11 is 0. The summed E-state index contributed by atoms with van der Waals surface area (Å²) in [6.45, 7) is 13.4. The molecule has 0 bridgehead atoms. The van der Waals surface area contributed by atoms with Gasteiger partial charge in [-0.15, -0.1) is 6.58 Å². The van der Waals surface area contributed by atoms with Gasteiger partial charge in [0.2, 0.25) is 5.79 Å². The third-order valence-corrected chi connectivity index (χ3v) is 14.3. The van der Waals surface area contributed by atoms with Gasteiger partial charge in [0.1, 0.15) is 35.7 Å². The van der Waals surface area contributed by atoms with Gasteiger partial charge in [-0.2, -0.15) is 0 Å². The number of amides is 1. The molecule has 3 aromatic carbocycles. The summed E-state index contributed by atoms with van der Waals surface area (Å²) in [6.07, 6.45) is 19.9. The van der Waals surface area contributed by atoms with Gasteiger partial charge in [0.05, 0.1) is 24.8 Å². The SMILES string of the molecule is C=CCO[C@@]12Oc3ccc(Oc4ccc(C)c(C)c4)cc3[C@H]3[C@H](CCCCO)[C@@H](CCCCO)C=C(C(=NOCC)C[C@@H]1N(Cc1ccc(F)cc1)C(=O)OCCCCCCCCCCCC)[C@H]32. The van der Waals surface area contributed by atoms with Crippen LogP contribution in [0.1, 0.15) is 151 Å². The number of nitrogens with zero attached hydrogens (tertiary/aromatic N) is 2. The minimum absolute atomic E-state index is 0.0427. The highest BCUT2D eigenvalue weighted by molar-refractivity contribution is 6.03. The van der Waals surface area contributed by atoms with E-state index in [9.17, 15) is 19.4 Å². The third kappa shape index (κ3) is 13.5. The molecular weight excluding hydrogens is 860 g/mol. The van der Waals surface area contributed by atoms with Gasteiger partial charge >= 0.3 is 6.09 Å². The topological polar surface area (TPSA) is 119 Å². The lowest BCUT2D eigenvalue weighted by molar-refractivity contribution is -0.256. The van der Waals surface area contributed by atoms with Crippen LogP contribution in [0.3, 0.4) is 0 Å². The molecule has 3 aromatic rings. The average Bonchev–Trinajstić information content (AvgIpc) is 3.34. The number of aliphatic hydroxyl groups is 2. The monoisotopic (exact) mass is 939 g/mol. The number of unbranched alkanes of at least 4 members (excludes halogenated alkanes) is 11. The van der Waals surface area contributed by atoms with Crippen LogP contribution in [0.15, 0.2) is 90.1 Å². The van der Waals surface area contributed by atoms with E-state index in [-0.39, 0.29) is 63.0 Å². The van der Waals surface area contributed by atoms with E-state index in [1.807, 2.05) is 31.2 Å². The summed E-state index contributed by atoms with van der Waals surface area (Å²) in [7, 11) is 0. The molecule has 2 N–H and O–H groups in total. The van der Waals surface area contributed by atoms with Crippen molar-refractivity contribution in [1.29, 1.82) is 0 Å². The molecule has 2 aliphatic carbocycles. The summed E-state index contributed by atoms with van der Waals surface area (Å²) in [6, 6.07) is 17.5. The number of oxime groups is 1. The van der Waals surface area contributed by atoms with Crippen LogP contribution in [0, 0.1) is 37.4 Å².